The first kappa shape index (κ1) is 27.1. The SMILES string of the molecule is O=P(O)(O)OP(=O)(O)O.O=S(=O)(O)O.[Ca+2].[Ca+2].[H-].[H-].[H-].[H-]. The molecule has 96 valence electrons. The quantitative estimate of drug-likeness (QED) is 0.185. The van der Waals surface area contributed by atoms with E-state index in [1.54, 1.807) is 0 Å². The molecule has 0 aromatic carbocycles. The zero-order valence-corrected chi connectivity index (χ0v) is 14.5. The van der Waals surface area contributed by atoms with Crippen molar-refractivity contribution in [1.82, 2.24) is 0 Å². The molecule has 0 unspecified atom stereocenters. The van der Waals surface area contributed by atoms with Crippen molar-refractivity contribution in [3.05, 3.63) is 0 Å². The van der Waals surface area contributed by atoms with Crippen molar-refractivity contribution in [1.29, 1.82) is 0 Å². The minimum absolute atomic E-state index is 0. The van der Waals surface area contributed by atoms with E-state index in [1.807, 2.05) is 0 Å². The third-order valence-corrected chi connectivity index (χ3v) is 1.91. The number of phosphoric acid groups is 2. The van der Waals surface area contributed by atoms with Crippen LogP contribution in [0.2, 0.25) is 0 Å². The summed E-state index contributed by atoms with van der Waals surface area (Å²) in [5.74, 6) is 0. The summed E-state index contributed by atoms with van der Waals surface area (Å²) < 4.78 is 53.8. The Hall–Kier alpha value is 2.65. The maximum Gasteiger partial charge on any atom is 2.00 e. The molecule has 0 bridgehead atoms. The van der Waals surface area contributed by atoms with E-state index >= 15 is 0 Å². The van der Waals surface area contributed by atoms with Crippen molar-refractivity contribution in [3.8, 4) is 0 Å². The summed E-state index contributed by atoms with van der Waals surface area (Å²) in [5.41, 5.74) is 0. The minimum atomic E-state index is -5.05. The van der Waals surface area contributed by atoms with E-state index in [0.29, 0.717) is 0 Å². The molecular weight excluding hydrogens is 350 g/mol. The fraction of sp³-hybridized carbons (Fsp3) is 0. The van der Waals surface area contributed by atoms with Gasteiger partial charge in [-0.2, -0.15) is 12.7 Å². The Bertz CT molecular complexity index is 331. The summed E-state index contributed by atoms with van der Waals surface area (Å²) in [6.45, 7) is 0. The van der Waals surface area contributed by atoms with Crippen LogP contribution in [-0.4, -0.2) is 113 Å². The molecule has 0 radical (unpaired) electrons. The first-order valence-corrected chi connectivity index (χ1v) is 6.69. The molecule has 0 saturated carbocycles. The molecule has 0 amide bonds. The van der Waals surface area contributed by atoms with Crippen LogP contribution in [0.4, 0.5) is 0 Å². The van der Waals surface area contributed by atoms with Gasteiger partial charge >= 0.3 is 102 Å². The molecule has 0 heterocycles. The van der Waals surface area contributed by atoms with Gasteiger partial charge in [0.05, 0.1) is 0 Å². The third kappa shape index (κ3) is 54.5. The monoisotopic (exact) mass is 360 g/mol. The second-order valence-corrected chi connectivity index (χ2v) is 5.02. The van der Waals surface area contributed by atoms with Crippen LogP contribution in [0.5, 0.6) is 0 Å². The molecule has 0 aromatic heterocycles. The third-order valence-electron chi connectivity index (χ3n) is 0.213. The van der Waals surface area contributed by atoms with Gasteiger partial charge in [-0.25, -0.2) is 9.13 Å². The van der Waals surface area contributed by atoms with E-state index in [2.05, 4.69) is 4.31 Å². The topological polar surface area (TPSA) is 199 Å². The van der Waals surface area contributed by atoms with Crippen LogP contribution in [0.3, 0.4) is 0 Å². The zero-order chi connectivity index (χ0) is 12.2. The number of rotatable bonds is 2. The average Bonchev–Trinajstić information content (AvgIpc) is 1.42. The van der Waals surface area contributed by atoms with Gasteiger partial charge in [0, 0.05) is 0 Å². The van der Waals surface area contributed by atoms with Gasteiger partial charge in [-0.1, -0.05) is 0 Å². The van der Waals surface area contributed by atoms with E-state index in [1.165, 1.54) is 0 Å². The second-order valence-electron chi connectivity index (χ2n) is 1.51. The molecule has 0 rings (SSSR count). The van der Waals surface area contributed by atoms with Gasteiger partial charge in [0.25, 0.3) is 0 Å². The van der Waals surface area contributed by atoms with Crippen LogP contribution >= 0.6 is 15.6 Å². The van der Waals surface area contributed by atoms with Crippen LogP contribution < -0.4 is 0 Å². The predicted molar refractivity (Wildman–Crippen MR) is 55.3 cm³/mol. The predicted octanol–water partition coefficient (Wildman–Crippen LogP) is -1.78. The van der Waals surface area contributed by atoms with Gasteiger partial charge < -0.3 is 25.3 Å². The summed E-state index contributed by atoms with van der Waals surface area (Å²) >= 11 is 0. The van der Waals surface area contributed by atoms with Gasteiger partial charge in [0.15, 0.2) is 0 Å². The maximum atomic E-state index is 9.63. The smallest absolute Gasteiger partial charge is 1.00 e. The standard InChI is InChI=1S/2Ca.H4O7P2.H2O4S.4H/c;;1-8(2,3)7-9(4,5)6;1-5(2,3)4;;;;/h;;(H2,1,2,3)(H2,4,5,6);(H2,1,2,3,4);;;;/q2*+2;;;4*-1. The van der Waals surface area contributed by atoms with Gasteiger partial charge in [0.2, 0.25) is 0 Å². The second kappa shape index (κ2) is 10.4. The molecular formula is H10Ca2O11P2S. The Kier molecular flexibility index (Phi) is 17.7. The van der Waals surface area contributed by atoms with Crippen LogP contribution in [0.15, 0.2) is 0 Å². The summed E-state index contributed by atoms with van der Waals surface area (Å²) in [4.78, 5) is 31.0. The van der Waals surface area contributed by atoms with Crippen LogP contribution in [0, 0.1) is 0 Å². The van der Waals surface area contributed by atoms with Crippen molar-refractivity contribution in [2.45, 2.75) is 0 Å². The van der Waals surface area contributed by atoms with Crippen molar-refractivity contribution < 1.29 is 56.2 Å². The molecule has 0 fully saturated rings. The van der Waals surface area contributed by atoms with Gasteiger partial charge in [-0.15, -0.1) is 0 Å². The first-order valence-electron chi connectivity index (χ1n) is 2.23. The average molecular weight is 360 g/mol. The normalized spacial score (nSPS) is 11.4. The molecule has 0 aliphatic carbocycles. The van der Waals surface area contributed by atoms with Crippen molar-refractivity contribution in [2.75, 3.05) is 0 Å². The van der Waals surface area contributed by atoms with Gasteiger partial charge in [0.1, 0.15) is 0 Å². The molecule has 0 spiro atoms. The summed E-state index contributed by atoms with van der Waals surface area (Å²) in [5, 5.41) is 0. The van der Waals surface area contributed by atoms with E-state index in [9.17, 15) is 9.13 Å². The first-order chi connectivity index (χ1) is 5.71. The molecule has 16 heavy (non-hydrogen) atoms. The van der Waals surface area contributed by atoms with Crippen LogP contribution in [0.1, 0.15) is 5.71 Å². The molecule has 0 aliphatic rings. The summed E-state index contributed by atoms with van der Waals surface area (Å²) in [6.07, 6.45) is 0. The molecule has 16 heteroatoms. The molecule has 0 aliphatic heterocycles. The molecule has 0 aromatic rings. The van der Waals surface area contributed by atoms with Gasteiger partial charge in [-0.05, 0) is 0 Å². The molecule has 6 N–H and O–H groups in total. The Morgan fingerprint density at radius 3 is 1.00 bits per heavy atom. The molecule has 0 saturated heterocycles. The number of hydrogen-bond donors (Lipinski definition) is 6. The van der Waals surface area contributed by atoms with Crippen molar-refractivity contribution >= 4 is 102 Å². The van der Waals surface area contributed by atoms with E-state index < -0.39 is 26.0 Å². The summed E-state index contributed by atoms with van der Waals surface area (Å²) in [6, 6.07) is 0. The van der Waals surface area contributed by atoms with E-state index in [0.717, 1.165) is 0 Å². The Labute approximate surface area is 156 Å². The Balaban J connectivity index is -0.0000000199. The fourth-order valence-corrected chi connectivity index (χ4v) is 1.25. The molecule has 11 nitrogen and oxygen atoms in total. The number of hydrogen-bond acceptors (Lipinski definition) is 5. The van der Waals surface area contributed by atoms with E-state index in [4.69, 9.17) is 37.1 Å². The van der Waals surface area contributed by atoms with Crippen LogP contribution in [-0.2, 0) is 23.8 Å². The largest absolute Gasteiger partial charge is 2.00 e. The maximum absolute atomic E-state index is 9.63. The van der Waals surface area contributed by atoms with Gasteiger partial charge in [-0.3, -0.25) is 9.11 Å². The Morgan fingerprint density at radius 1 is 0.875 bits per heavy atom. The van der Waals surface area contributed by atoms with Crippen molar-refractivity contribution in [3.63, 3.8) is 0 Å². The fourth-order valence-electron chi connectivity index (χ4n) is 0.139. The zero-order valence-electron chi connectivity index (χ0n) is 11.4. The minimum Gasteiger partial charge on any atom is -1.00 e. The summed E-state index contributed by atoms with van der Waals surface area (Å²) in [7, 11) is -14.8. The van der Waals surface area contributed by atoms with Crippen LogP contribution in [0.25, 0.3) is 0 Å². The Morgan fingerprint density at radius 2 is 1.00 bits per heavy atom. The molecule has 0 atom stereocenters. The van der Waals surface area contributed by atoms with E-state index in [-0.39, 0.29) is 81.2 Å². The van der Waals surface area contributed by atoms with Crippen molar-refractivity contribution in [2.24, 2.45) is 0 Å².